The van der Waals surface area contributed by atoms with Crippen molar-refractivity contribution in [3.63, 3.8) is 0 Å². The lowest BCUT2D eigenvalue weighted by atomic mass is 10.1. The van der Waals surface area contributed by atoms with E-state index in [0.29, 0.717) is 0 Å². The first-order valence-corrected chi connectivity index (χ1v) is 6.40. The van der Waals surface area contributed by atoms with Gasteiger partial charge in [-0.05, 0) is 37.1 Å². The van der Waals surface area contributed by atoms with E-state index in [1.54, 1.807) is 0 Å². The van der Waals surface area contributed by atoms with Crippen LogP contribution < -0.4 is 0 Å². The maximum atomic E-state index is 11.9. The van der Waals surface area contributed by atoms with E-state index in [9.17, 15) is 9.59 Å². The van der Waals surface area contributed by atoms with Gasteiger partial charge in [0.15, 0.2) is 0 Å². The van der Waals surface area contributed by atoms with E-state index in [2.05, 4.69) is 21.0 Å². The molecule has 0 saturated carbocycles. The Morgan fingerprint density at radius 1 is 1.42 bits per heavy atom. The monoisotopic (exact) mass is 326 g/mol. The molecule has 0 aliphatic heterocycles. The SMILES string of the molecule is CC(=NN(C)C(=O)Cc1cc(Br)ccc1C)C(=O)O. The fourth-order valence-electron chi connectivity index (χ4n) is 1.43. The molecule has 0 spiro atoms. The van der Waals surface area contributed by atoms with Crippen LogP contribution in [0.2, 0.25) is 0 Å². The zero-order valence-electron chi connectivity index (χ0n) is 11.0. The van der Waals surface area contributed by atoms with Crippen LogP contribution in [-0.2, 0) is 16.0 Å². The smallest absolute Gasteiger partial charge is 0.351 e. The molecule has 0 aliphatic rings. The molecule has 0 aromatic heterocycles. The number of benzene rings is 1. The molecule has 0 atom stereocenters. The van der Waals surface area contributed by atoms with Crippen LogP contribution in [0.25, 0.3) is 0 Å². The lowest BCUT2D eigenvalue weighted by Crippen LogP contribution is -2.26. The topological polar surface area (TPSA) is 70.0 Å². The predicted molar refractivity (Wildman–Crippen MR) is 76.1 cm³/mol. The van der Waals surface area contributed by atoms with Crippen LogP contribution in [0.4, 0.5) is 0 Å². The van der Waals surface area contributed by atoms with Gasteiger partial charge in [-0.1, -0.05) is 22.0 Å². The number of halogens is 1. The number of amides is 1. The zero-order chi connectivity index (χ0) is 14.6. The molecule has 0 aliphatic carbocycles. The number of hydrazone groups is 1. The van der Waals surface area contributed by atoms with E-state index < -0.39 is 5.97 Å². The maximum Gasteiger partial charge on any atom is 0.351 e. The summed E-state index contributed by atoms with van der Waals surface area (Å²) in [6.45, 7) is 3.26. The molecule has 0 saturated heterocycles. The number of hydrogen-bond donors (Lipinski definition) is 1. The zero-order valence-corrected chi connectivity index (χ0v) is 12.6. The first-order valence-electron chi connectivity index (χ1n) is 5.61. The summed E-state index contributed by atoms with van der Waals surface area (Å²) in [5, 5.41) is 13.5. The molecular formula is C13H15BrN2O3. The summed E-state index contributed by atoms with van der Waals surface area (Å²) in [5.41, 5.74) is 1.76. The number of likely N-dealkylation sites (N-methyl/N-ethyl adjacent to an activating group) is 1. The van der Waals surface area contributed by atoms with Gasteiger partial charge in [-0.2, -0.15) is 5.10 Å². The average molecular weight is 327 g/mol. The highest BCUT2D eigenvalue weighted by Gasteiger charge is 2.12. The van der Waals surface area contributed by atoms with Crippen LogP contribution >= 0.6 is 15.9 Å². The van der Waals surface area contributed by atoms with Gasteiger partial charge in [0, 0.05) is 11.5 Å². The van der Waals surface area contributed by atoms with Crippen molar-refractivity contribution in [3.8, 4) is 0 Å². The van der Waals surface area contributed by atoms with Crippen molar-refractivity contribution in [1.82, 2.24) is 5.01 Å². The maximum absolute atomic E-state index is 11.9. The first kappa shape index (κ1) is 15.4. The van der Waals surface area contributed by atoms with Crippen molar-refractivity contribution < 1.29 is 14.7 Å². The van der Waals surface area contributed by atoms with Crippen LogP contribution in [0.15, 0.2) is 27.8 Å². The molecule has 6 heteroatoms. The third-order valence-electron chi connectivity index (χ3n) is 2.62. The third kappa shape index (κ3) is 4.48. The van der Waals surface area contributed by atoms with Crippen molar-refractivity contribution in [2.75, 3.05) is 7.05 Å². The molecule has 19 heavy (non-hydrogen) atoms. The molecule has 1 aromatic carbocycles. The Kier molecular flexibility index (Phi) is 5.23. The number of aryl methyl sites for hydroxylation is 1. The molecule has 0 bridgehead atoms. The Morgan fingerprint density at radius 2 is 2.05 bits per heavy atom. The molecule has 1 rings (SSSR count). The fraction of sp³-hybridized carbons (Fsp3) is 0.308. The summed E-state index contributed by atoms with van der Waals surface area (Å²) >= 11 is 3.35. The van der Waals surface area contributed by atoms with Gasteiger partial charge in [0.25, 0.3) is 0 Å². The quantitative estimate of drug-likeness (QED) is 0.681. The van der Waals surface area contributed by atoms with Crippen molar-refractivity contribution in [2.24, 2.45) is 5.10 Å². The van der Waals surface area contributed by atoms with Gasteiger partial charge in [-0.15, -0.1) is 0 Å². The highest BCUT2D eigenvalue weighted by atomic mass is 79.9. The van der Waals surface area contributed by atoms with Gasteiger partial charge >= 0.3 is 5.97 Å². The summed E-state index contributed by atoms with van der Waals surface area (Å²) < 4.78 is 0.897. The molecule has 5 nitrogen and oxygen atoms in total. The average Bonchev–Trinajstić information content (AvgIpc) is 2.33. The second kappa shape index (κ2) is 6.47. The van der Waals surface area contributed by atoms with Crippen LogP contribution in [0.1, 0.15) is 18.1 Å². The van der Waals surface area contributed by atoms with Gasteiger partial charge in [-0.3, -0.25) is 4.79 Å². The van der Waals surface area contributed by atoms with E-state index in [0.717, 1.165) is 20.6 Å². The van der Waals surface area contributed by atoms with E-state index in [1.165, 1.54) is 14.0 Å². The molecule has 0 fully saturated rings. The number of aliphatic carboxylic acids is 1. The predicted octanol–water partition coefficient (Wildman–Crippen LogP) is 2.22. The molecule has 1 amide bonds. The minimum atomic E-state index is -1.14. The minimum Gasteiger partial charge on any atom is -0.477 e. The highest BCUT2D eigenvalue weighted by Crippen LogP contribution is 2.17. The van der Waals surface area contributed by atoms with Gasteiger partial charge in [0.1, 0.15) is 5.71 Å². The lowest BCUT2D eigenvalue weighted by Gasteiger charge is -2.13. The molecule has 102 valence electrons. The number of carboxylic acids is 1. The van der Waals surface area contributed by atoms with E-state index >= 15 is 0 Å². The van der Waals surface area contributed by atoms with Crippen LogP contribution in [0.5, 0.6) is 0 Å². The number of carbonyl (C=O) groups excluding carboxylic acids is 1. The fourth-order valence-corrected chi connectivity index (χ4v) is 1.84. The Morgan fingerprint density at radius 3 is 2.63 bits per heavy atom. The van der Waals surface area contributed by atoms with Crippen LogP contribution in [-0.4, -0.2) is 34.8 Å². The minimum absolute atomic E-state index is 0.123. The Labute approximate surface area is 120 Å². The van der Waals surface area contributed by atoms with E-state index in [1.807, 2.05) is 25.1 Å². The van der Waals surface area contributed by atoms with Gasteiger partial charge in [0.05, 0.1) is 6.42 Å². The molecule has 0 unspecified atom stereocenters. The number of hydrogen-bond acceptors (Lipinski definition) is 3. The summed E-state index contributed by atoms with van der Waals surface area (Å²) in [6.07, 6.45) is 0.179. The van der Waals surface area contributed by atoms with E-state index in [-0.39, 0.29) is 18.0 Å². The number of carbonyl (C=O) groups is 2. The number of nitrogens with zero attached hydrogens (tertiary/aromatic N) is 2. The standard InChI is InChI=1S/C13H15BrN2O3/c1-8-4-5-11(14)6-10(8)7-12(17)16(3)15-9(2)13(18)19/h4-6H,7H2,1-3H3,(H,18,19). The third-order valence-corrected chi connectivity index (χ3v) is 3.12. The van der Waals surface area contributed by atoms with Gasteiger partial charge in [0.2, 0.25) is 5.91 Å². The van der Waals surface area contributed by atoms with Gasteiger partial charge < -0.3 is 5.11 Å². The first-order chi connectivity index (χ1) is 8.81. The molecule has 0 radical (unpaired) electrons. The lowest BCUT2D eigenvalue weighted by molar-refractivity contribution is -0.130. The Hall–Kier alpha value is -1.69. The number of rotatable bonds is 4. The summed E-state index contributed by atoms with van der Waals surface area (Å²) in [5.74, 6) is -1.40. The van der Waals surface area contributed by atoms with Crippen molar-refractivity contribution in [1.29, 1.82) is 0 Å². The Balaban J connectivity index is 2.82. The van der Waals surface area contributed by atoms with Crippen molar-refractivity contribution in [2.45, 2.75) is 20.3 Å². The molecule has 1 aromatic rings. The summed E-state index contributed by atoms with van der Waals surface area (Å²) in [7, 11) is 1.45. The van der Waals surface area contributed by atoms with Crippen molar-refractivity contribution >= 4 is 33.5 Å². The second-order valence-corrected chi connectivity index (χ2v) is 5.07. The summed E-state index contributed by atoms with van der Waals surface area (Å²) in [6, 6.07) is 5.69. The normalized spacial score (nSPS) is 11.3. The largest absolute Gasteiger partial charge is 0.477 e. The molecule has 0 heterocycles. The second-order valence-electron chi connectivity index (χ2n) is 4.16. The van der Waals surface area contributed by atoms with Crippen molar-refractivity contribution in [3.05, 3.63) is 33.8 Å². The van der Waals surface area contributed by atoms with E-state index in [4.69, 9.17) is 5.11 Å². The molecule has 1 N–H and O–H groups in total. The van der Waals surface area contributed by atoms with Gasteiger partial charge in [-0.25, -0.2) is 9.80 Å². The molecular weight excluding hydrogens is 312 g/mol. The summed E-state index contributed by atoms with van der Waals surface area (Å²) in [4.78, 5) is 22.6. The Bertz CT molecular complexity index is 541. The van der Waals surface area contributed by atoms with Crippen LogP contribution in [0.3, 0.4) is 0 Å². The number of carboxylic acid groups (broad SMARTS) is 1. The van der Waals surface area contributed by atoms with Crippen LogP contribution in [0, 0.1) is 6.92 Å². The highest BCUT2D eigenvalue weighted by molar-refractivity contribution is 9.10.